The van der Waals surface area contributed by atoms with Gasteiger partial charge in [-0.3, -0.25) is 0 Å². The highest BCUT2D eigenvalue weighted by atomic mass is 15.2. The number of unbranched alkanes of at least 4 members (excludes halogenated alkanes) is 2. The Hall–Kier alpha value is -3.40. The molecule has 0 aliphatic heterocycles. The molecule has 0 aliphatic rings. The van der Waals surface area contributed by atoms with E-state index in [1.54, 1.807) is 12.4 Å². The molecule has 0 fully saturated rings. The molecule has 2 heterocycles. The maximum Gasteiger partial charge on any atom is 0.163 e. The van der Waals surface area contributed by atoms with E-state index in [1.165, 1.54) is 30.4 Å². The monoisotopic (exact) mass is 395 g/mol. The van der Waals surface area contributed by atoms with Crippen molar-refractivity contribution in [3.8, 4) is 11.3 Å². The largest absolute Gasteiger partial charge is 0.381 e. The lowest BCUT2D eigenvalue weighted by atomic mass is 10.0. The molecular formula is C26H27N4. The van der Waals surface area contributed by atoms with Gasteiger partial charge in [0.1, 0.15) is 0 Å². The van der Waals surface area contributed by atoms with Gasteiger partial charge in [-0.15, -0.1) is 0 Å². The molecular weight excluding hydrogens is 368 g/mol. The van der Waals surface area contributed by atoms with E-state index < -0.39 is 0 Å². The minimum Gasteiger partial charge on any atom is -0.381 e. The Labute approximate surface area is 178 Å². The lowest BCUT2D eigenvalue weighted by molar-refractivity contribution is 0.711. The molecule has 4 nitrogen and oxygen atoms in total. The average Bonchev–Trinajstić information content (AvgIpc) is 3.27. The lowest BCUT2D eigenvalue weighted by Crippen LogP contribution is -2.05. The molecule has 30 heavy (non-hydrogen) atoms. The quantitative estimate of drug-likeness (QED) is 0.340. The maximum atomic E-state index is 4.36. The number of hydrogen-bond acceptors (Lipinski definition) is 3. The summed E-state index contributed by atoms with van der Waals surface area (Å²) in [4.78, 5) is 4.31. The van der Waals surface area contributed by atoms with Crippen LogP contribution in [-0.4, -0.2) is 21.1 Å². The van der Waals surface area contributed by atoms with E-state index in [-0.39, 0.29) is 0 Å². The van der Waals surface area contributed by atoms with Crippen molar-refractivity contribution in [3.05, 3.63) is 90.3 Å². The van der Waals surface area contributed by atoms with Crippen LogP contribution in [0.5, 0.6) is 0 Å². The number of nitrogens with one attached hydrogen (secondary N) is 1. The minimum atomic E-state index is 0.731. The zero-order valence-corrected chi connectivity index (χ0v) is 17.4. The first kappa shape index (κ1) is 19.9. The van der Waals surface area contributed by atoms with Gasteiger partial charge in [-0.05, 0) is 36.6 Å². The number of benzene rings is 2. The Morgan fingerprint density at radius 2 is 1.97 bits per heavy atom. The molecule has 4 heteroatoms. The molecule has 151 valence electrons. The Balaban J connectivity index is 1.52. The molecule has 1 radical (unpaired) electrons. The first-order valence-electron chi connectivity index (χ1n) is 10.6. The molecule has 0 unspecified atom stereocenters. The Morgan fingerprint density at radius 3 is 2.83 bits per heavy atom. The van der Waals surface area contributed by atoms with Crippen molar-refractivity contribution in [2.24, 2.45) is 0 Å². The van der Waals surface area contributed by atoms with Gasteiger partial charge in [-0.1, -0.05) is 73.9 Å². The second-order valence-corrected chi connectivity index (χ2v) is 7.46. The summed E-state index contributed by atoms with van der Waals surface area (Å²) in [6, 6.07) is 24.1. The molecule has 1 N–H and O–H groups in total. The van der Waals surface area contributed by atoms with E-state index in [0.29, 0.717) is 0 Å². The van der Waals surface area contributed by atoms with Crippen molar-refractivity contribution in [1.29, 1.82) is 0 Å². The van der Waals surface area contributed by atoms with E-state index >= 15 is 0 Å². The first-order chi connectivity index (χ1) is 14.8. The van der Waals surface area contributed by atoms with Crippen LogP contribution in [0.4, 0.5) is 5.69 Å². The van der Waals surface area contributed by atoms with Crippen LogP contribution >= 0.6 is 0 Å². The molecule has 2 aromatic carbocycles. The fourth-order valence-electron chi connectivity index (χ4n) is 3.60. The van der Waals surface area contributed by atoms with E-state index in [9.17, 15) is 0 Å². The summed E-state index contributed by atoms with van der Waals surface area (Å²) in [6.45, 7) is 3.08. The van der Waals surface area contributed by atoms with Gasteiger partial charge in [-0.2, -0.15) is 5.10 Å². The number of anilines is 1. The van der Waals surface area contributed by atoms with Crippen LogP contribution in [-0.2, 0) is 0 Å². The van der Waals surface area contributed by atoms with Crippen LogP contribution < -0.4 is 5.32 Å². The highest BCUT2D eigenvalue weighted by molar-refractivity contribution is 5.67. The van der Waals surface area contributed by atoms with E-state index in [1.807, 2.05) is 10.6 Å². The third-order valence-electron chi connectivity index (χ3n) is 5.17. The molecule has 0 atom stereocenters. The molecule has 0 amide bonds. The standard InChI is InChI=1S/C26H27N4/c1-2-3-5-11-22(18-21-9-6-4-7-10-21)20-28-24-13-8-12-23(19-24)25-14-16-27-26-15-17-29-30(25)26/h4,6-10,12-14,16-19,28H,2-3,5,11,20H2,1H3/b22-18+. The van der Waals surface area contributed by atoms with Crippen molar-refractivity contribution >= 4 is 17.4 Å². The number of fused-ring (bicyclic) bond motifs is 1. The predicted octanol–water partition coefficient (Wildman–Crippen LogP) is 6.27. The van der Waals surface area contributed by atoms with Crippen LogP contribution in [0.2, 0.25) is 0 Å². The van der Waals surface area contributed by atoms with Crippen LogP contribution in [0.25, 0.3) is 23.0 Å². The van der Waals surface area contributed by atoms with Gasteiger partial charge in [0.15, 0.2) is 5.65 Å². The summed E-state index contributed by atoms with van der Waals surface area (Å²) in [5.74, 6) is 0. The zero-order chi connectivity index (χ0) is 20.6. The smallest absolute Gasteiger partial charge is 0.163 e. The Kier molecular flexibility index (Phi) is 6.55. The van der Waals surface area contributed by atoms with Crippen LogP contribution in [0.3, 0.4) is 0 Å². The third-order valence-corrected chi connectivity index (χ3v) is 5.17. The lowest BCUT2D eigenvalue weighted by Gasteiger charge is -2.12. The summed E-state index contributed by atoms with van der Waals surface area (Å²) >= 11 is 0. The fraction of sp³-hybridized carbons (Fsp3) is 0.231. The minimum absolute atomic E-state index is 0.731. The Bertz CT molecular complexity index is 1110. The number of rotatable bonds is 9. The summed E-state index contributed by atoms with van der Waals surface area (Å²) in [7, 11) is 0. The molecule has 0 bridgehead atoms. The third kappa shape index (κ3) is 4.95. The van der Waals surface area contributed by atoms with Crippen molar-refractivity contribution in [2.45, 2.75) is 32.6 Å². The number of aromatic nitrogens is 3. The Morgan fingerprint density at radius 1 is 1.07 bits per heavy atom. The van der Waals surface area contributed by atoms with E-state index in [4.69, 9.17) is 0 Å². The van der Waals surface area contributed by atoms with Gasteiger partial charge in [0.2, 0.25) is 0 Å². The molecule has 4 aromatic rings. The number of nitrogens with zero attached hydrogens (tertiary/aromatic N) is 3. The van der Waals surface area contributed by atoms with Gasteiger partial charge in [-0.25, -0.2) is 9.50 Å². The van der Waals surface area contributed by atoms with Crippen molar-refractivity contribution < 1.29 is 0 Å². The van der Waals surface area contributed by atoms with Gasteiger partial charge in [0, 0.05) is 24.0 Å². The number of hydrogen-bond donors (Lipinski definition) is 1. The normalized spacial score (nSPS) is 11.7. The van der Waals surface area contributed by atoms with Gasteiger partial charge in [0.25, 0.3) is 0 Å². The average molecular weight is 396 g/mol. The maximum absolute atomic E-state index is 4.36. The van der Waals surface area contributed by atoms with Crippen molar-refractivity contribution in [2.75, 3.05) is 11.9 Å². The fourth-order valence-corrected chi connectivity index (χ4v) is 3.60. The van der Waals surface area contributed by atoms with E-state index in [0.717, 1.165) is 35.6 Å². The highest BCUT2D eigenvalue weighted by Crippen LogP contribution is 2.23. The first-order valence-corrected chi connectivity index (χ1v) is 10.6. The highest BCUT2D eigenvalue weighted by Gasteiger charge is 2.06. The van der Waals surface area contributed by atoms with Crippen molar-refractivity contribution in [1.82, 2.24) is 14.6 Å². The van der Waals surface area contributed by atoms with E-state index in [2.05, 4.69) is 89.1 Å². The topological polar surface area (TPSA) is 42.2 Å². The second kappa shape index (κ2) is 9.88. The molecule has 0 spiro atoms. The van der Waals surface area contributed by atoms with Crippen LogP contribution in [0.15, 0.2) is 78.6 Å². The summed E-state index contributed by atoms with van der Waals surface area (Å²) in [6.07, 6.45) is 10.6. The van der Waals surface area contributed by atoms with Gasteiger partial charge < -0.3 is 5.32 Å². The summed E-state index contributed by atoms with van der Waals surface area (Å²) in [5.41, 5.74) is 6.62. The summed E-state index contributed by atoms with van der Waals surface area (Å²) < 4.78 is 1.82. The summed E-state index contributed by atoms with van der Waals surface area (Å²) in [5, 5.41) is 7.98. The second-order valence-electron chi connectivity index (χ2n) is 7.46. The van der Waals surface area contributed by atoms with Gasteiger partial charge in [0.05, 0.1) is 18.0 Å². The molecule has 0 aliphatic carbocycles. The molecule has 2 aromatic heterocycles. The molecule has 0 saturated carbocycles. The zero-order valence-electron chi connectivity index (χ0n) is 17.4. The SMILES string of the molecule is CCCCC/C(=C\c1ccccc1)CNc1cccc(-c2ccnc3[c]cnn23)c1. The predicted molar refractivity (Wildman–Crippen MR) is 124 cm³/mol. The van der Waals surface area contributed by atoms with Crippen LogP contribution in [0.1, 0.15) is 38.2 Å². The van der Waals surface area contributed by atoms with Crippen LogP contribution in [0, 0.1) is 6.07 Å². The molecule has 0 saturated heterocycles. The van der Waals surface area contributed by atoms with Crippen molar-refractivity contribution in [3.63, 3.8) is 0 Å². The van der Waals surface area contributed by atoms with Gasteiger partial charge >= 0.3 is 0 Å². The molecule has 4 rings (SSSR count).